The Balaban J connectivity index is 2.32. The Labute approximate surface area is 122 Å². The molecule has 0 atom stereocenters. The summed E-state index contributed by atoms with van der Waals surface area (Å²) in [6.07, 6.45) is 3.49. The maximum Gasteiger partial charge on any atom is 0.252 e. The third-order valence-corrected chi connectivity index (χ3v) is 3.29. The van der Waals surface area contributed by atoms with Gasteiger partial charge in [-0.05, 0) is 34.7 Å². The summed E-state index contributed by atoms with van der Waals surface area (Å²) >= 11 is 2.15. The number of pyridine rings is 1. The monoisotopic (exact) mass is 364 g/mol. The van der Waals surface area contributed by atoms with Gasteiger partial charge in [0.15, 0.2) is 5.82 Å². The number of fused-ring (bicyclic) bond motifs is 1. The molecule has 3 rings (SSSR count). The molecular weight excluding hydrogens is 355 g/mol. The van der Waals surface area contributed by atoms with Crippen LogP contribution in [0.15, 0.2) is 42.7 Å². The van der Waals surface area contributed by atoms with Gasteiger partial charge in [0.1, 0.15) is 0 Å². The number of carbonyl (C=O) groups is 1. The molecule has 3 aromatic rings. The second-order valence-corrected chi connectivity index (χ2v) is 5.27. The minimum atomic E-state index is -0.515. The topological polar surface area (TPSA) is 73.8 Å². The van der Waals surface area contributed by atoms with Crippen molar-refractivity contribution in [2.75, 3.05) is 0 Å². The Kier molecular flexibility index (Phi) is 2.94. The lowest BCUT2D eigenvalue weighted by Crippen LogP contribution is -2.16. The van der Waals surface area contributed by atoms with E-state index >= 15 is 0 Å². The largest absolute Gasteiger partial charge is 0.365 e. The van der Waals surface area contributed by atoms with Crippen molar-refractivity contribution in [3.8, 4) is 5.82 Å². The fraction of sp³-hybridized carbons (Fsp3) is 0. The predicted molar refractivity (Wildman–Crippen MR) is 80.1 cm³/mol. The zero-order valence-electron chi connectivity index (χ0n) is 9.75. The first-order chi connectivity index (χ1) is 9.15. The number of rotatable bonds is 2. The first-order valence-corrected chi connectivity index (χ1v) is 6.63. The van der Waals surface area contributed by atoms with Crippen molar-refractivity contribution in [2.45, 2.75) is 0 Å². The molecule has 2 N–H and O–H groups in total. The summed E-state index contributed by atoms with van der Waals surface area (Å²) in [4.78, 5) is 16.1. The lowest BCUT2D eigenvalue weighted by atomic mass is 10.1. The molecule has 0 aliphatic heterocycles. The number of halogens is 1. The van der Waals surface area contributed by atoms with Crippen LogP contribution in [-0.2, 0) is 0 Å². The van der Waals surface area contributed by atoms with Gasteiger partial charge in [0.25, 0.3) is 5.91 Å². The molecule has 0 aliphatic rings. The molecule has 19 heavy (non-hydrogen) atoms. The predicted octanol–water partition coefficient (Wildman–Crippen LogP) is 2.12. The molecule has 0 fully saturated rings. The summed E-state index contributed by atoms with van der Waals surface area (Å²) in [6.45, 7) is 0. The van der Waals surface area contributed by atoms with E-state index in [4.69, 9.17) is 5.73 Å². The van der Waals surface area contributed by atoms with E-state index in [9.17, 15) is 4.79 Å². The van der Waals surface area contributed by atoms with Crippen LogP contribution in [0.3, 0.4) is 0 Å². The Morgan fingerprint density at radius 2 is 2.11 bits per heavy atom. The Morgan fingerprint density at radius 1 is 1.32 bits per heavy atom. The van der Waals surface area contributed by atoms with Crippen molar-refractivity contribution in [3.05, 3.63) is 51.9 Å². The van der Waals surface area contributed by atoms with E-state index in [1.54, 1.807) is 23.1 Å². The fourth-order valence-corrected chi connectivity index (χ4v) is 2.27. The summed E-state index contributed by atoms with van der Waals surface area (Å²) in [5.74, 6) is -0.0622. The van der Waals surface area contributed by atoms with Gasteiger partial charge in [0.05, 0.1) is 20.8 Å². The molecule has 0 radical (unpaired) electrons. The van der Waals surface area contributed by atoms with Crippen molar-refractivity contribution >= 4 is 39.4 Å². The molecule has 2 heterocycles. The molecule has 0 saturated carbocycles. The number of aromatic nitrogens is 3. The van der Waals surface area contributed by atoms with Crippen LogP contribution in [0, 0.1) is 3.57 Å². The Bertz CT molecular complexity index is 781. The number of para-hydroxylation sites is 1. The first kappa shape index (κ1) is 12.1. The highest BCUT2D eigenvalue weighted by Gasteiger charge is 2.14. The maximum atomic E-state index is 11.6. The van der Waals surface area contributed by atoms with Crippen LogP contribution in [0.1, 0.15) is 10.4 Å². The molecule has 6 heteroatoms. The molecule has 5 nitrogen and oxygen atoms in total. The van der Waals surface area contributed by atoms with Gasteiger partial charge in [-0.3, -0.25) is 4.79 Å². The fourth-order valence-electron chi connectivity index (χ4n) is 1.88. The molecule has 0 spiro atoms. The average Bonchev–Trinajstić information content (AvgIpc) is 2.83. The van der Waals surface area contributed by atoms with Crippen molar-refractivity contribution in [1.29, 1.82) is 0 Å². The van der Waals surface area contributed by atoms with Crippen LogP contribution in [0.25, 0.3) is 16.7 Å². The Hall–Kier alpha value is -1.96. The van der Waals surface area contributed by atoms with Gasteiger partial charge in [-0.2, -0.15) is 5.10 Å². The smallest absolute Gasteiger partial charge is 0.252 e. The summed E-state index contributed by atoms with van der Waals surface area (Å²) < 4.78 is 2.52. The number of nitrogens with zero attached hydrogens (tertiary/aromatic N) is 3. The normalized spacial score (nSPS) is 10.8. The van der Waals surface area contributed by atoms with E-state index in [2.05, 4.69) is 32.7 Å². The second kappa shape index (κ2) is 4.61. The molecule has 0 unspecified atom stereocenters. The summed E-state index contributed by atoms with van der Waals surface area (Å²) in [5.41, 5.74) is 6.59. The van der Waals surface area contributed by atoms with E-state index in [1.807, 2.05) is 24.3 Å². The van der Waals surface area contributed by atoms with Crippen molar-refractivity contribution in [2.24, 2.45) is 5.73 Å². The van der Waals surface area contributed by atoms with Crippen LogP contribution >= 0.6 is 22.6 Å². The summed E-state index contributed by atoms with van der Waals surface area (Å²) in [5, 5.41) is 5.05. The standard InChI is InChI=1S/C13H9IN4O/c14-9-6-16-18(7-9)13-10(12(15)19)5-8-3-1-2-4-11(8)17-13/h1-7H,(H2,15,19). The van der Waals surface area contributed by atoms with E-state index in [0.717, 1.165) is 14.5 Å². The van der Waals surface area contributed by atoms with Gasteiger partial charge in [-0.1, -0.05) is 18.2 Å². The van der Waals surface area contributed by atoms with E-state index in [1.165, 1.54) is 0 Å². The lowest BCUT2D eigenvalue weighted by Gasteiger charge is -2.07. The number of carbonyl (C=O) groups excluding carboxylic acids is 1. The average molecular weight is 364 g/mol. The third kappa shape index (κ3) is 2.19. The van der Waals surface area contributed by atoms with E-state index in [-0.39, 0.29) is 0 Å². The van der Waals surface area contributed by atoms with Crippen LogP contribution in [-0.4, -0.2) is 20.7 Å². The highest BCUT2D eigenvalue weighted by atomic mass is 127. The SMILES string of the molecule is NC(=O)c1cc2ccccc2nc1-n1cc(I)cn1. The lowest BCUT2D eigenvalue weighted by molar-refractivity contribution is 0.1000. The highest BCUT2D eigenvalue weighted by Crippen LogP contribution is 2.19. The van der Waals surface area contributed by atoms with E-state index in [0.29, 0.717) is 11.4 Å². The maximum absolute atomic E-state index is 11.6. The van der Waals surface area contributed by atoms with Gasteiger partial charge in [-0.15, -0.1) is 0 Å². The minimum Gasteiger partial charge on any atom is -0.365 e. The van der Waals surface area contributed by atoms with Crippen LogP contribution < -0.4 is 5.73 Å². The quantitative estimate of drug-likeness (QED) is 0.708. The van der Waals surface area contributed by atoms with Crippen molar-refractivity contribution in [3.63, 3.8) is 0 Å². The van der Waals surface area contributed by atoms with Gasteiger partial charge >= 0.3 is 0 Å². The zero-order valence-corrected chi connectivity index (χ0v) is 11.9. The van der Waals surface area contributed by atoms with E-state index < -0.39 is 5.91 Å². The van der Waals surface area contributed by atoms with Crippen molar-refractivity contribution in [1.82, 2.24) is 14.8 Å². The molecule has 0 aliphatic carbocycles. The number of primary amides is 1. The van der Waals surface area contributed by atoms with Gasteiger partial charge in [0.2, 0.25) is 0 Å². The molecule has 0 bridgehead atoms. The Morgan fingerprint density at radius 3 is 2.79 bits per heavy atom. The molecular formula is C13H9IN4O. The van der Waals surface area contributed by atoms with Gasteiger partial charge < -0.3 is 5.73 Å². The van der Waals surface area contributed by atoms with Gasteiger partial charge in [0, 0.05) is 11.6 Å². The summed E-state index contributed by atoms with van der Waals surface area (Å²) in [6, 6.07) is 9.32. The summed E-state index contributed by atoms with van der Waals surface area (Å²) in [7, 11) is 0. The molecule has 1 amide bonds. The molecule has 0 saturated heterocycles. The first-order valence-electron chi connectivity index (χ1n) is 5.55. The molecule has 94 valence electrons. The number of hydrogen-bond acceptors (Lipinski definition) is 3. The number of benzene rings is 1. The van der Waals surface area contributed by atoms with Gasteiger partial charge in [-0.25, -0.2) is 9.67 Å². The second-order valence-electron chi connectivity index (χ2n) is 4.02. The number of amides is 1. The number of hydrogen-bond donors (Lipinski definition) is 1. The highest BCUT2D eigenvalue weighted by molar-refractivity contribution is 14.1. The van der Waals surface area contributed by atoms with Crippen molar-refractivity contribution < 1.29 is 4.79 Å². The van der Waals surface area contributed by atoms with Crippen LogP contribution in [0.2, 0.25) is 0 Å². The zero-order chi connectivity index (χ0) is 13.4. The van der Waals surface area contributed by atoms with Crippen LogP contribution in [0.4, 0.5) is 0 Å². The molecule has 2 aromatic heterocycles. The number of nitrogens with two attached hydrogens (primary N) is 1. The third-order valence-electron chi connectivity index (χ3n) is 2.74. The van der Waals surface area contributed by atoms with Crippen LogP contribution in [0.5, 0.6) is 0 Å². The molecule has 1 aromatic carbocycles. The minimum absolute atomic E-state index is 0.359.